The minimum absolute atomic E-state index is 0.272. The highest BCUT2D eigenvalue weighted by molar-refractivity contribution is 7.90. The van der Waals surface area contributed by atoms with Gasteiger partial charge in [-0.2, -0.15) is 0 Å². The molecule has 0 unspecified atom stereocenters. The Morgan fingerprint density at radius 3 is 2.44 bits per heavy atom. The Labute approximate surface area is 113 Å². The van der Waals surface area contributed by atoms with Gasteiger partial charge in [0, 0.05) is 11.6 Å². The van der Waals surface area contributed by atoms with E-state index in [9.17, 15) is 8.42 Å². The van der Waals surface area contributed by atoms with Gasteiger partial charge in [-0.1, -0.05) is 23.7 Å². The zero-order chi connectivity index (χ0) is 13.0. The molecule has 1 aromatic carbocycles. The zero-order valence-corrected chi connectivity index (χ0v) is 11.6. The van der Waals surface area contributed by atoms with E-state index in [1.165, 1.54) is 0 Å². The van der Waals surface area contributed by atoms with Gasteiger partial charge in [0.1, 0.15) is 0 Å². The third-order valence-corrected chi connectivity index (χ3v) is 5.26. The van der Waals surface area contributed by atoms with Gasteiger partial charge in [0.05, 0.1) is 5.25 Å². The SMILES string of the molecule is O=S(=O)(NCc1ccc(Cl)cc1)C1CCNCC1. The van der Waals surface area contributed by atoms with Gasteiger partial charge < -0.3 is 5.32 Å². The monoisotopic (exact) mass is 288 g/mol. The van der Waals surface area contributed by atoms with Crippen LogP contribution in [0.1, 0.15) is 18.4 Å². The van der Waals surface area contributed by atoms with Crippen LogP contribution in [-0.4, -0.2) is 26.8 Å². The number of sulfonamides is 1. The summed E-state index contributed by atoms with van der Waals surface area (Å²) in [6, 6.07) is 7.17. The molecule has 6 heteroatoms. The molecule has 1 aliphatic rings. The summed E-state index contributed by atoms with van der Waals surface area (Å²) in [4.78, 5) is 0. The van der Waals surface area contributed by atoms with Crippen LogP contribution in [0, 0.1) is 0 Å². The van der Waals surface area contributed by atoms with E-state index in [0.29, 0.717) is 24.4 Å². The quantitative estimate of drug-likeness (QED) is 0.883. The van der Waals surface area contributed by atoms with Crippen LogP contribution in [0.25, 0.3) is 0 Å². The van der Waals surface area contributed by atoms with Crippen LogP contribution in [0.5, 0.6) is 0 Å². The molecule has 0 atom stereocenters. The second-order valence-electron chi connectivity index (χ2n) is 4.44. The number of piperidine rings is 1. The van der Waals surface area contributed by atoms with Gasteiger partial charge in [-0.25, -0.2) is 13.1 Å². The van der Waals surface area contributed by atoms with Crippen molar-refractivity contribution in [2.45, 2.75) is 24.6 Å². The third kappa shape index (κ3) is 3.68. The van der Waals surface area contributed by atoms with E-state index in [0.717, 1.165) is 18.7 Å². The molecule has 0 saturated carbocycles. The van der Waals surface area contributed by atoms with Gasteiger partial charge >= 0.3 is 0 Å². The van der Waals surface area contributed by atoms with Gasteiger partial charge in [-0.3, -0.25) is 0 Å². The van der Waals surface area contributed by atoms with E-state index < -0.39 is 10.0 Å². The van der Waals surface area contributed by atoms with E-state index in [1.807, 2.05) is 12.1 Å². The second-order valence-corrected chi connectivity index (χ2v) is 6.92. The summed E-state index contributed by atoms with van der Waals surface area (Å²) in [7, 11) is -3.21. The molecule has 2 rings (SSSR count). The van der Waals surface area contributed by atoms with Crippen molar-refractivity contribution in [1.82, 2.24) is 10.0 Å². The summed E-state index contributed by atoms with van der Waals surface area (Å²) in [6.45, 7) is 1.86. The number of nitrogens with one attached hydrogen (secondary N) is 2. The summed E-state index contributed by atoms with van der Waals surface area (Å²) in [5, 5.41) is 3.54. The molecule has 0 spiro atoms. The van der Waals surface area contributed by atoms with Gasteiger partial charge in [0.2, 0.25) is 10.0 Å². The highest BCUT2D eigenvalue weighted by Gasteiger charge is 2.26. The average molecular weight is 289 g/mol. The highest BCUT2D eigenvalue weighted by atomic mass is 35.5. The van der Waals surface area contributed by atoms with Crippen LogP contribution in [0.4, 0.5) is 0 Å². The molecule has 18 heavy (non-hydrogen) atoms. The average Bonchev–Trinajstić information content (AvgIpc) is 2.39. The standard InChI is InChI=1S/C12H17ClN2O2S/c13-11-3-1-10(2-4-11)9-15-18(16,17)12-5-7-14-8-6-12/h1-4,12,14-15H,5-9H2. The third-order valence-electron chi connectivity index (χ3n) is 3.12. The van der Waals surface area contributed by atoms with Crippen LogP contribution in [0.15, 0.2) is 24.3 Å². The largest absolute Gasteiger partial charge is 0.317 e. The maximum atomic E-state index is 12.1. The van der Waals surface area contributed by atoms with E-state index in [2.05, 4.69) is 10.0 Å². The van der Waals surface area contributed by atoms with Gasteiger partial charge in [-0.15, -0.1) is 0 Å². The molecule has 1 aliphatic heterocycles. The summed E-state index contributed by atoms with van der Waals surface area (Å²) >= 11 is 5.78. The Bertz CT molecular complexity index is 481. The van der Waals surface area contributed by atoms with Crippen molar-refractivity contribution in [3.8, 4) is 0 Å². The molecule has 1 aromatic rings. The second kappa shape index (κ2) is 6.02. The molecule has 1 saturated heterocycles. The van der Waals surface area contributed by atoms with Crippen molar-refractivity contribution in [2.24, 2.45) is 0 Å². The maximum Gasteiger partial charge on any atom is 0.214 e. The first kappa shape index (κ1) is 13.8. The number of halogens is 1. The first-order valence-corrected chi connectivity index (χ1v) is 7.94. The molecule has 1 heterocycles. The predicted molar refractivity (Wildman–Crippen MR) is 73.1 cm³/mol. The minimum atomic E-state index is -3.21. The summed E-state index contributed by atoms with van der Waals surface area (Å²) in [6.07, 6.45) is 1.35. The van der Waals surface area contributed by atoms with Crippen LogP contribution < -0.4 is 10.0 Å². The Hall–Kier alpha value is -0.620. The van der Waals surface area contributed by atoms with E-state index >= 15 is 0 Å². The highest BCUT2D eigenvalue weighted by Crippen LogP contribution is 2.13. The van der Waals surface area contributed by atoms with Crippen molar-refractivity contribution >= 4 is 21.6 Å². The Morgan fingerprint density at radius 2 is 1.83 bits per heavy atom. The topological polar surface area (TPSA) is 58.2 Å². The van der Waals surface area contributed by atoms with E-state index in [4.69, 9.17) is 11.6 Å². The first-order valence-electron chi connectivity index (χ1n) is 6.01. The molecule has 0 amide bonds. The predicted octanol–water partition coefficient (Wildman–Crippen LogP) is 1.51. The molecule has 2 N–H and O–H groups in total. The van der Waals surface area contributed by atoms with Crippen molar-refractivity contribution in [3.05, 3.63) is 34.9 Å². The summed E-state index contributed by atoms with van der Waals surface area (Å²) < 4.78 is 26.8. The fraction of sp³-hybridized carbons (Fsp3) is 0.500. The van der Waals surface area contributed by atoms with Gasteiger partial charge in [-0.05, 0) is 43.6 Å². The van der Waals surface area contributed by atoms with Gasteiger partial charge in [0.15, 0.2) is 0 Å². The number of hydrogen-bond acceptors (Lipinski definition) is 3. The van der Waals surface area contributed by atoms with Crippen molar-refractivity contribution in [2.75, 3.05) is 13.1 Å². The molecule has 4 nitrogen and oxygen atoms in total. The molecule has 0 aromatic heterocycles. The fourth-order valence-corrected chi connectivity index (χ4v) is 3.60. The van der Waals surface area contributed by atoms with Crippen LogP contribution >= 0.6 is 11.6 Å². The van der Waals surface area contributed by atoms with Crippen LogP contribution in [0.3, 0.4) is 0 Å². The number of rotatable bonds is 4. The fourth-order valence-electron chi connectivity index (χ4n) is 2.01. The van der Waals surface area contributed by atoms with Crippen LogP contribution in [0.2, 0.25) is 5.02 Å². The van der Waals surface area contributed by atoms with Crippen molar-refractivity contribution in [1.29, 1.82) is 0 Å². The molecule has 1 fully saturated rings. The molecule has 0 bridgehead atoms. The number of benzene rings is 1. The van der Waals surface area contributed by atoms with E-state index in [-0.39, 0.29) is 5.25 Å². The van der Waals surface area contributed by atoms with Crippen molar-refractivity contribution < 1.29 is 8.42 Å². The smallest absolute Gasteiger partial charge is 0.214 e. The molecular formula is C12H17ClN2O2S. The summed E-state index contributed by atoms with van der Waals surface area (Å²) in [5.41, 5.74) is 0.914. The van der Waals surface area contributed by atoms with Crippen LogP contribution in [-0.2, 0) is 16.6 Å². The lowest BCUT2D eigenvalue weighted by Gasteiger charge is -2.22. The first-order chi connectivity index (χ1) is 8.58. The van der Waals surface area contributed by atoms with E-state index in [1.54, 1.807) is 12.1 Å². The molecule has 100 valence electrons. The minimum Gasteiger partial charge on any atom is -0.317 e. The lowest BCUT2D eigenvalue weighted by Crippen LogP contribution is -2.41. The van der Waals surface area contributed by atoms with Gasteiger partial charge in [0.25, 0.3) is 0 Å². The maximum absolute atomic E-state index is 12.1. The zero-order valence-electron chi connectivity index (χ0n) is 10.0. The molecular weight excluding hydrogens is 272 g/mol. The lowest BCUT2D eigenvalue weighted by molar-refractivity contribution is 0.489. The normalized spacial score (nSPS) is 17.8. The molecule has 0 aliphatic carbocycles. The molecule has 0 radical (unpaired) electrons. The summed E-state index contributed by atoms with van der Waals surface area (Å²) in [5.74, 6) is 0. The Kier molecular flexibility index (Phi) is 4.61. The Balaban J connectivity index is 1.94. The Morgan fingerprint density at radius 1 is 1.22 bits per heavy atom. The lowest BCUT2D eigenvalue weighted by atomic mass is 10.2. The van der Waals surface area contributed by atoms with Crippen molar-refractivity contribution in [3.63, 3.8) is 0 Å². The number of hydrogen-bond donors (Lipinski definition) is 2.